The SMILES string of the molecule is CC(C)COC(=O)c1ccc(NC(=O)[C@]23CC[C@](C)(c4nc5ccccc5nc42)C3(C)C)cc1. The Labute approximate surface area is 200 Å². The molecule has 1 saturated carbocycles. The van der Waals surface area contributed by atoms with Crippen LogP contribution in [0.5, 0.6) is 0 Å². The summed E-state index contributed by atoms with van der Waals surface area (Å²) in [6.07, 6.45) is 1.61. The average molecular weight is 458 g/mol. The molecular formula is C28H31N3O3. The predicted octanol–water partition coefficient (Wildman–Crippen LogP) is 5.41. The molecule has 2 aliphatic carbocycles. The Morgan fingerprint density at radius 2 is 1.56 bits per heavy atom. The molecule has 1 N–H and O–H groups in total. The fraction of sp³-hybridized carbons (Fsp3) is 0.429. The molecule has 0 radical (unpaired) electrons. The van der Waals surface area contributed by atoms with Gasteiger partial charge in [-0.1, -0.05) is 46.8 Å². The zero-order valence-corrected chi connectivity index (χ0v) is 20.4. The number of ether oxygens (including phenoxy) is 1. The van der Waals surface area contributed by atoms with Crippen LogP contribution >= 0.6 is 0 Å². The molecule has 2 aliphatic rings. The van der Waals surface area contributed by atoms with E-state index in [0.29, 0.717) is 17.9 Å². The van der Waals surface area contributed by atoms with Crippen LogP contribution in [0, 0.1) is 11.3 Å². The molecule has 34 heavy (non-hydrogen) atoms. The van der Waals surface area contributed by atoms with E-state index in [-0.39, 0.29) is 28.6 Å². The van der Waals surface area contributed by atoms with Crippen LogP contribution in [0.1, 0.15) is 69.2 Å². The van der Waals surface area contributed by atoms with Gasteiger partial charge in [0.15, 0.2) is 0 Å². The Balaban J connectivity index is 1.47. The summed E-state index contributed by atoms with van der Waals surface area (Å²) in [5.41, 5.74) is 3.16. The summed E-state index contributed by atoms with van der Waals surface area (Å²) in [6.45, 7) is 10.9. The Morgan fingerprint density at radius 3 is 2.18 bits per heavy atom. The van der Waals surface area contributed by atoms with E-state index in [1.807, 2.05) is 38.1 Å². The van der Waals surface area contributed by atoms with E-state index in [4.69, 9.17) is 14.7 Å². The number of hydrogen-bond donors (Lipinski definition) is 1. The minimum Gasteiger partial charge on any atom is -0.462 e. The highest BCUT2D eigenvalue weighted by atomic mass is 16.5. The zero-order valence-electron chi connectivity index (χ0n) is 20.4. The monoisotopic (exact) mass is 457 g/mol. The summed E-state index contributed by atoms with van der Waals surface area (Å²) in [6, 6.07) is 14.7. The number of carbonyl (C=O) groups excluding carboxylic acids is 2. The predicted molar refractivity (Wildman–Crippen MR) is 132 cm³/mol. The van der Waals surface area contributed by atoms with Gasteiger partial charge >= 0.3 is 5.97 Å². The standard InChI is InChI=1S/C28H31N3O3/c1-17(2)16-34-24(32)18-10-12-19(13-11-18)29-25(33)28-15-14-27(5,26(28,3)4)22-23(28)31-21-9-7-6-8-20(21)30-22/h6-13,17H,14-16H2,1-5H3,(H,29,33)/t27-,28+/m1/s1. The average Bonchev–Trinajstić information content (AvgIpc) is 3.11. The first-order valence-corrected chi connectivity index (χ1v) is 12.0. The summed E-state index contributed by atoms with van der Waals surface area (Å²) < 4.78 is 5.30. The summed E-state index contributed by atoms with van der Waals surface area (Å²) >= 11 is 0. The van der Waals surface area contributed by atoms with Crippen LogP contribution < -0.4 is 5.32 Å². The molecule has 3 aromatic rings. The largest absolute Gasteiger partial charge is 0.462 e. The number of amides is 1. The van der Waals surface area contributed by atoms with Crippen LogP contribution in [0.2, 0.25) is 0 Å². The van der Waals surface area contributed by atoms with Crippen LogP contribution in [-0.2, 0) is 20.4 Å². The zero-order chi connectivity index (χ0) is 24.3. The first kappa shape index (κ1) is 22.5. The highest BCUT2D eigenvalue weighted by Gasteiger charge is 2.73. The number of carbonyl (C=O) groups is 2. The molecule has 5 rings (SSSR count). The van der Waals surface area contributed by atoms with Crippen molar-refractivity contribution < 1.29 is 14.3 Å². The van der Waals surface area contributed by atoms with Crippen LogP contribution in [0.25, 0.3) is 11.0 Å². The quantitative estimate of drug-likeness (QED) is 0.518. The van der Waals surface area contributed by atoms with Crippen molar-refractivity contribution in [1.82, 2.24) is 9.97 Å². The lowest BCUT2D eigenvalue weighted by Crippen LogP contribution is -2.48. The Morgan fingerprint density at radius 1 is 0.941 bits per heavy atom. The Kier molecular flexibility index (Phi) is 5.04. The van der Waals surface area contributed by atoms with Crippen molar-refractivity contribution in [2.24, 2.45) is 11.3 Å². The molecule has 0 aliphatic heterocycles. The fourth-order valence-corrected chi connectivity index (χ4v) is 5.80. The molecule has 0 saturated heterocycles. The number of esters is 1. The van der Waals surface area contributed by atoms with Gasteiger partial charge in [-0.05, 0) is 60.6 Å². The molecule has 0 spiro atoms. The van der Waals surface area contributed by atoms with Gasteiger partial charge in [0.1, 0.15) is 0 Å². The summed E-state index contributed by atoms with van der Waals surface area (Å²) in [5.74, 6) is -0.152. The number of nitrogens with zero attached hydrogens (tertiary/aromatic N) is 2. The normalized spacial score (nSPS) is 24.3. The minimum atomic E-state index is -0.775. The number of benzene rings is 2. The van der Waals surface area contributed by atoms with Crippen LogP contribution in [0.15, 0.2) is 48.5 Å². The maximum absolute atomic E-state index is 14.0. The molecule has 2 atom stereocenters. The first-order valence-electron chi connectivity index (χ1n) is 12.0. The second-order valence-corrected chi connectivity index (χ2v) is 10.8. The smallest absolute Gasteiger partial charge is 0.338 e. The van der Waals surface area contributed by atoms with Crippen molar-refractivity contribution in [3.05, 3.63) is 65.5 Å². The van der Waals surface area contributed by atoms with Gasteiger partial charge in [-0.25, -0.2) is 14.8 Å². The number of para-hydroxylation sites is 2. The first-order chi connectivity index (χ1) is 16.1. The molecule has 0 unspecified atom stereocenters. The Bertz CT molecular complexity index is 1300. The maximum Gasteiger partial charge on any atom is 0.338 e. The second-order valence-electron chi connectivity index (χ2n) is 10.8. The van der Waals surface area contributed by atoms with E-state index < -0.39 is 5.41 Å². The number of nitrogens with one attached hydrogen (secondary N) is 1. The van der Waals surface area contributed by atoms with Gasteiger partial charge in [-0.3, -0.25) is 4.79 Å². The molecule has 176 valence electrons. The van der Waals surface area contributed by atoms with Crippen molar-refractivity contribution >= 4 is 28.6 Å². The van der Waals surface area contributed by atoms with Crippen molar-refractivity contribution in [2.45, 2.75) is 58.3 Å². The van der Waals surface area contributed by atoms with E-state index in [9.17, 15) is 9.59 Å². The van der Waals surface area contributed by atoms with E-state index in [1.54, 1.807) is 24.3 Å². The third-order valence-electron chi connectivity index (χ3n) is 8.26. The topological polar surface area (TPSA) is 81.2 Å². The van der Waals surface area contributed by atoms with Crippen molar-refractivity contribution in [2.75, 3.05) is 11.9 Å². The fourth-order valence-electron chi connectivity index (χ4n) is 5.80. The maximum atomic E-state index is 14.0. The van der Waals surface area contributed by atoms with Crippen LogP contribution in [0.3, 0.4) is 0 Å². The van der Waals surface area contributed by atoms with Gasteiger partial charge < -0.3 is 10.1 Å². The molecule has 1 fully saturated rings. The number of fused-ring (bicyclic) bond motifs is 6. The lowest BCUT2D eigenvalue weighted by Gasteiger charge is -2.39. The van der Waals surface area contributed by atoms with E-state index in [2.05, 4.69) is 26.1 Å². The van der Waals surface area contributed by atoms with Gasteiger partial charge in [0.25, 0.3) is 0 Å². The third kappa shape index (κ3) is 3.00. The number of hydrogen-bond acceptors (Lipinski definition) is 5. The Hall–Kier alpha value is -3.28. The lowest BCUT2D eigenvalue weighted by atomic mass is 9.63. The van der Waals surface area contributed by atoms with E-state index in [1.165, 1.54) is 0 Å². The van der Waals surface area contributed by atoms with Crippen LogP contribution in [-0.4, -0.2) is 28.5 Å². The van der Waals surface area contributed by atoms with Gasteiger partial charge in [0.05, 0.1) is 40.0 Å². The number of aromatic nitrogens is 2. The minimum absolute atomic E-state index is 0.0697. The molecule has 2 bridgehead atoms. The van der Waals surface area contributed by atoms with Crippen molar-refractivity contribution in [3.8, 4) is 0 Å². The molecule has 1 heterocycles. The van der Waals surface area contributed by atoms with Crippen molar-refractivity contribution in [3.63, 3.8) is 0 Å². The third-order valence-corrected chi connectivity index (χ3v) is 8.26. The highest BCUT2D eigenvalue weighted by Crippen LogP contribution is 2.70. The molecule has 2 aromatic carbocycles. The van der Waals surface area contributed by atoms with Crippen molar-refractivity contribution in [1.29, 1.82) is 0 Å². The van der Waals surface area contributed by atoms with E-state index >= 15 is 0 Å². The van der Waals surface area contributed by atoms with Gasteiger partial charge in [0, 0.05) is 11.1 Å². The van der Waals surface area contributed by atoms with Gasteiger partial charge in [0.2, 0.25) is 5.91 Å². The molecular weight excluding hydrogens is 426 g/mol. The second kappa shape index (κ2) is 7.62. The highest BCUT2D eigenvalue weighted by molar-refractivity contribution is 6.02. The van der Waals surface area contributed by atoms with E-state index in [0.717, 1.165) is 35.3 Å². The van der Waals surface area contributed by atoms with Crippen LogP contribution in [0.4, 0.5) is 5.69 Å². The molecule has 6 nitrogen and oxygen atoms in total. The lowest BCUT2D eigenvalue weighted by molar-refractivity contribution is -0.125. The number of rotatable bonds is 5. The number of anilines is 1. The summed E-state index contributed by atoms with van der Waals surface area (Å²) in [7, 11) is 0. The van der Waals surface area contributed by atoms with Gasteiger partial charge in [-0.15, -0.1) is 0 Å². The summed E-state index contributed by atoms with van der Waals surface area (Å²) in [4.78, 5) is 36.2. The van der Waals surface area contributed by atoms with Gasteiger partial charge in [-0.2, -0.15) is 0 Å². The molecule has 1 aromatic heterocycles. The summed E-state index contributed by atoms with van der Waals surface area (Å²) in [5, 5.41) is 3.12. The molecule has 6 heteroatoms. The molecule has 1 amide bonds.